The summed E-state index contributed by atoms with van der Waals surface area (Å²) in [5.41, 5.74) is 2.12. The van der Waals surface area contributed by atoms with Crippen LogP contribution in [-0.2, 0) is 39.5 Å². The largest absolute Gasteiger partial charge is 0.396 e. The number of hydrogen-bond donors (Lipinski definition) is 4. The van der Waals surface area contributed by atoms with Gasteiger partial charge in [-0.1, -0.05) is 36.4 Å². The summed E-state index contributed by atoms with van der Waals surface area (Å²) in [6, 6.07) is 13.0. The van der Waals surface area contributed by atoms with E-state index in [2.05, 4.69) is 20.9 Å². The minimum absolute atomic E-state index is 0.00695. The normalized spacial score (nSPS) is 21.0. The Balaban J connectivity index is 1.27. The topological polar surface area (TPSA) is 156 Å². The Morgan fingerprint density at radius 1 is 1.00 bits per heavy atom. The van der Waals surface area contributed by atoms with Crippen LogP contribution in [-0.4, -0.2) is 88.8 Å². The number of allylic oxidation sites excluding steroid dienone is 1. The van der Waals surface area contributed by atoms with Crippen LogP contribution in [0.5, 0.6) is 0 Å². The summed E-state index contributed by atoms with van der Waals surface area (Å²) in [6.45, 7) is 5.49. The van der Waals surface area contributed by atoms with Crippen LogP contribution in [0.1, 0.15) is 30.2 Å². The average Bonchev–Trinajstić information content (AvgIpc) is 3.60. The van der Waals surface area contributed by atoms with Crippen LogP contribution >= 0.6 is 0 Å². The third kappa shape index (κ3) is 6.18. The lowest BCUT2D eigenvalue weighted by molar-refractivity contribution is -0.139. The number of aryl methyl sites for hydroxylation is 1. The predicted octanol–water partition coefficient (Wildman–Crippen LogP) is 0.702. The van der Waals surface area contributed by atoms with E-state index in [1.165, 1.54) is 0 Å². The first-order chi connectivity index (χ1) is 22.3. The number of nitrogens with one attached hydrogen (secondary N) is 2. The van der Waals surface area contributed by atoms with Gasteiger partial charge in [-0.3, -0.25) is 19.1 Å². The molecule has 2 aromatic carbocycles. The molecule has 0 aliphatic carbocycles. The Kier molecular flexibility index (Phi) is 9.27. The maximum absolute atomic E-state index is 14.3. The van der Waals surface area contributed by atoms with Crippen molar-refractivity contribution in [2.75, 3.05) is 60.6 Å². The molecule has 2 saturated heterocycles. The molecular weight excluding hydrogens is 588 g/mol. The number of nitrogens with zero attached hydrogens (tertiary/aromatic N) is 6. The first-order valence-corrected chi connectivity index (χ1v) is 15.8. The highest BCUT2D eigenvalue weighted by molar-refractivity contribution is 6.08. The molecule has 13 nitrogen and oxygen atoms in total. The fourth-order valence-corrected chi connectivity index (χ4v) is 6.35. The second-order valence-corrected chi connectivity index (χ2v) is 11.9. The van der Waals surface area contributed by atoms with E-state index in [9.17, 15) is 19.5 Å². The van der Waals surface area contributed by atoms with Crippen molar-refractivity contribution in [2.45, 2.75) is 38.5 Å². The van der Waals surface area contributed by atoms with Gasteiger partial charge in [0.05, 0.1) is 31.0 Å². The van der Waals surface area contributed by atoms with Gasteiger partial charge in [-0.2, -0.15) is 0 Å². The number of aliphatic hydroxyl groups is 2. The monoisotopic (exact) mass is 628 g/mol. The van der Waals surface area contributed by atoms with Gasteiger partial charge in [0, 0.05) is 74.8 Å². The number of piperazine rings is 2. The van der Waals surface area contributed by atoms with Crippen LogP contribution in [0.4, 0.5) is 17.1 Å². The zero-order valence-electron chi connectivity index (χ0n) is 25.9. The lowest BCUT2D eigenvalue weighted by atomic mass is 9.82. The van der Waals surface area contributed by atoms with E-state index in [0.717, 1.165) is 11.3 Å². The summed E-state index contributed by atoms with van der Waals surface area (Å²) >= 11 is 0. The van der Waals surface area contributed by atoms with Crippen molar-refractivity contribution < 1.29 is 24.6 Å². The molecule has 242 valence electrons. The zero-order chi connectivity index (χ0) is 32.3. The van der Waals surface area contributed by atoms with Gasteiger partial charge >= 0.3 is 0 Å². The molecule has 0 saturated carbocycles. The van der Waals surface area contributed by atoms with Crippen LogP contribution in [0.25, 0.3) is 0 Å². The molecule has 0 bridgehead atoms. The highest BCUT2D eigenvalue weighted by Crippen LogP contribution is 2.47. The number of rotatable bonds is 11. The maximum atomic E-state index is 14.3. The van der Waals surface area contributed by atoms with Gasteiger partial charge < -0.3 is 35.5 Å². The van der Waals surface area contributed by atoms with Gasteiger partial charge in [0.2, 0.25) is 11.8 Å². The summed E-state index contributed by atoms with van der Waals surface area (Å²) in [5, 5.41) is 35.7. The van der Waals surface area contributed by atoms with Gasteiger partial charge in [0.25, 0.3) is 5.91 Å². The molecule has 2 fully saturated rings. The minimum atomic E-state index is -1.87. The number of benzene rings is 2. The molecule has 6 rings (SSSR count). The van der Waals surface area contributed by atoms with E-state index in [1.807, 2.05) is 55.5 Å². The quantitative estimate of drug-likeness (QED) is 0.225. The molecule has 2 atom stereocenters. The third-order valence-electron chi connectivity index (χ3n) is 8.87. The van der Waals surface area contributed by atoms with Crippen LogP contribution in [0.15, 0.2) is 60.8 Å². The highest BCUT2D eigenvalue weighted by atomic mass is 16.3. The molecule has 4 heterocycles. The van der Waals surface area contributed by atoms with Crippen molar-refractivity contribution in [1.29, 1.82) is 0 Å². The first-order valence-electron chi connectivity index (χ1n) is 15.8. The average molecular weight is 629 g/mol. The third-order valence-corrected chi connectivity index (χ3v) is 8.87. The smallest absolute Gasteiger partial charge is 0.264 e. The lowest BCUT2D eigenvalue weighted by Gasteiger charge is -2.30. The zero-order valence-corrected chi connectivity index (χ0v) is 25.9. The molecular formula is C33H40N8O5. The minimum Gasteiger partial charge on any atom is -0.396 e. The number of anilines is 3. The second-order valence-electron chi connectivity index (χ2n) is 11.9. The number of amides is 3. The summed E-state index contributed by atoms with van der Waals surface area (Å²) in [6.07, 6.45) is 6.60. The number of hydrogen-bond acceptors (Lipinski definition) is 9. The highest BCUT2D eigenvalue weighted by Gasteiger charge is 2.52. The van der Waals surface area contributed by atoms with Gasteiger partial charge in [-0.25, -0.2) is 0 Å². The summed E-state index contributed by atoms with van der Waals surface area (Å²) in [4.78, 5) is 44.6. The molecule has 46 heavy (non-hydrogen) atoms. The van der Waals surface area contributed by atoms with Crippen molar-refractivity contribution in [3.05, 3.63) is 77.6 Å². The van der Waals surface area contributed by atoms with Gasteiger partial charge in [-0.05, 0) is 42.3 Å². The van der Waals surface area contributed by atoms with Crippen molar-refractivity contribution in [3.8, 4) is 0 Å². The van der Waals surface area contributed by atoms with E-state index in [4.69, 9.17) is 5.11 Å². The van der Waals surface area contributed by atoms with Crippen molar-refractivity contribution >= 4 is 34.8 Å². The molecule has 3 amide bonds. The van der Waals surface area contributed by atoms with Crippen LogP contribution < -0.4 is 25.3 Å². The lowest BCUT2D eigenvalue weighted by Crippen LogP contribution is -2.48. The summed E-state index contributed by atoms with van der Waals surface area (Å²) in [5.74, 6) is -1.12. The van der Waals surface area contributed by atoms with Crippen LogP contribution in [0, 0.1) is 5.92 Å². The van der Waals surface area contributed by atoms with Crippen LogP contribution in [0.2, 0.25) is 0 Å². The predicted molar refractivity (Wildman–Crippen MR) is 172 cm³/mol. The number of carbonyl (C=O) groups excluding carboxylic acids is 3. The van der Waals surface area contributed by atoms with Gasteiger partial charge in [0.1, 0.15) is 0 Å². The Morgan fingerprint density at radius 2 is 1.72 bits per heavy atom. The molecule has 4 N–H and O–H groups in total. The Morgan fingerprint density at radius 3 is 2.41 bits per heavy atom. The first kappa shape index (κ1) is 31.5. The number of aromatic nitrogens is 3. The SMILES string of the molecule is C[C@H](/C=C/CCn1cc(CCO)nn1)[C@@]1(O)C(=O)N(Cc2cccc(N3CCNCC3=O)c2)c2ccc(N3CCNCC3=O)cc21. The van der Waals surface area contributed by atoms with Crippen molar-refractivity contribution in [3.63, 3.8) is 0 Å². The second kappa shape index (κ2) is 13.5. The molecule has 3 aromatic rings. The molecule has 0 spiro atoms. The Labute approximate surface area is 267 Å². The van der Waals surface area contributed by atoms with Crippen molar-refractivity contribution in [1.82, 2.24) is 25.6 Å². The fraction of sp³-hybridized carbons (Fsp3) is 0.424. The molecule has 3 aliphatic heterocycles. The van der Waals surface area contributed by atoms with E-state index < -0.39 is 17.4 Å². The summed E-state index contributed by atoms with van der Waals surface area (Å²) in [7, 11) is 0. The van der Waals surface area contributed by atoms with E-state index in [0.29, 0.717) is 68.2 Å². The Bertz CT molecular complexity index is 1640. The molecule has 3 aliphatic rings. The van der Waals surface area contributed by atoms with Crippen molar-refractivity contribution in [2.24, 2.45) is 5.92 Å². The van der Waals surface area contributed by atoms with E-state index in [-0.39, 0.29) is 38.1 Å². The number of aliphatic hydroxyl groups excluding tert-OH is 1. The van der Waals surface area contributed by atoms with Gasteiger partial charge in [0.15, 0.2) is 5.60 Å². The molecule has 13 heteroatoms. The molecule has 0 unspecified atom stereocenters. The van der Waals surface area contributed by atoms with Gasteiger partial charge in [-0.15, -0.1) is 5.10 Å². The maximum Gasteiger partial charge on any atom is 0.264 e. The standard InChI is InChI=1S/C33H40N8O5/c1-23(5-2-3-13-38-22-25(10-16-42)36-37-38)33(46)28-18-27(40-15-12-35-20-31(40)44)8-9-29(28)41(32(33)45)21-24-6-4-7-26(17-24)39-14-11-34-19-30(39)43/h2,4-9,17-18,22-23,34-35,42,46H,3,10-16,19-21H2,1H3/b5-2+/t23-,33+/m1/s1. The molecule has 0 radical (unpaired) electrons. The number of fused-ring (bicyclic) bond motifs is 1. The van der Waals surface area contributed by atoms with Crippen LogP contribution in [0.3, 0.4) is 0 Å². The van der Waals surface area contributed by atoms with E-state index >= 15 is 0 Å². The fourth-order valence-electron chi connectivity index (χ4n) is 6.35. The Hall–Kier alpha value is -4.43. The number of carbonyl (C=O) groups is 3. The summed E-state index contributed by atoms with van der Waals surface area (Å²) < 4.78 is 1.70. The molecule has 1 aromatic heterocycles. The van der Waals surface area contributed by atoms with E-state index in [1.54, 1.807) is 31.6 Å².